The molecular formula is C12H21N3. The van der Waals surface area contributed by atoms with Gasteiger partial charge in [0, 0.05) is 19.6 Å². The van der Waals surface area contributed by atoms with Crippen LogP contribution in [0.4, 0.5) is 0 Å². The smallest absolute Gasteiger partial charge is 0.194 e. The quantitative estimate of drug-likeness (QED) is 0.420. The van der Waals surface area contributed by atoms with Crippen molar-refractivity contribution in [3.63, 3.8) is 0 Å². The monoisotopic (exact) mass is 207 g/mol. The number of nitrogens with one attached hydrogen (secondary N) is 1. The number of rotatable bonds is 2. The van der Waals surface area contributed by atoms with E-state index in [-0.39, 0.29) is 0 Å². The topological polar surface area (TPSA) is 27.6 Å². The SMILES string of the molecule is C#CCN=C(NCC)N1CCC(C)CC1. The minimum Gasteiger partial charge on any atom is -0.356 e. The molecular weight excluding hydrogens is 186 g/mol. The molecule has 1 aliphatic rings. The van der Waals surface area contributed by atoms with Crippen LogP contribution in [0.25, 0.3) is 0 Å². The van der Waals surface area contributed by atoms with Crippen LogP contribution in [0.3, 0.4) is 0 Å². The molecule has 1 fully saturated rings. The predicted octanol–water partition coefficient (Wildman–Crippen LogP) is 1.32. The van der Waals surface area contributed by atoms with Crippen molar-refractivity contribution in [1.82, 2.24) is 10.2 Å². The van der Waals surface area contributed by atoms with Crippen molar-refractivity contribution < 1.29 is 0 Å². The summed E-state index contributed by atoms with van der Waals surface area (Å²) in [5.74, 6) is 4.37. The number of nitrogens with zero attached hydrogens (tertiary/aromatic N) is 2. The van der Waals surface area contributed by atoms with Gasteiger partial charge in [-0.1, -0.05) is 12.8 Å². The van der Waals surface area contributed by atoms with Gasteiger partial charge >= 0.3 is 0 Å². The second kappa shape index (κ2) is 6.34. The van der Waals surface area contributed by atoms with Crippen molar-refractivity contribution in [3.8, 4) is 12.3 Å². The summed E-state index contributed by atoms with van der Waals surface area (Å²) in [6.07, 6.45) is 7.72. The van der Waals surface area contributed by atoms with Gasteiger partial charge in [-0.3, -0.25) is 0 Å². The van der Waals surface area contributed by atoms with Crippen molar-refractivity contribution in [1.29, 1.82) is 0 Å². The highest BCUT2D eigenvalue weighted by Gasteiger charge is 2.17. The molecule has 1 aliphatic heterocycles. The van der Waals surface area contributed by atoms with Crippen LogP contribution in [0, 0.1) is 18.3 Å². The summed E-state index contributed by atoms with van der Waals surface area (Å²) in [6, 6.07) is 0. The van der Waals surface area contributed by atoms with Crippen LogP contribution < -0.4 is 5.32 Å². The molecule has 0 aromatic carbocycles. The van der Waals surface area contributed by atoms with Gasteiger partial charge < -0.3 is 10.2 Å². The number of aliphatic imine (C=N–C) groups is 1. The zero-order valence-electron chi connectivity index (χ0n) is 9.79. The highest BCUT2D eigenvalue weighted by molar-refractivity contribution is 5.80. The molecule has 0 spiro atoms. The average Bonchev–Trinajstić information content (AvgIpc) is 2.25. The van der Waals surface area contributed by atoms with Crippen LogP contribution >= 0.6 is 0 Å². The third-order valence-electron chi connectivity index (χ3n) is 2.74. The van der Waals surface area contributed by atoms with Gasteiger partial charge in [0.05, 0.1) is 0 Å². The molecule has 0 radical (unpaired) electrons. The van der Waals surface area contributed by atoms with Crippen LogP contribution in [0.5, 0.6) is 0 Å². The first-order valence-electron chi connectivity index (χ1n) is 5.74. The number of guanidine groups is 1. The summed E-state index contributed by atoms with van der Waals surface area (Å²) >= 11 is 0. The van der Waals surface area contributed by atoms with Gasteiger partial charge in [0.15, 0.2) is 5.96 Å². The molecule has 0 aliphatic carbocycles. The van der Waals surface area contributed by atoms with Crippen molar-refractivity contribution in [2.45, 2.75) is 26.7 Å². The lowest BCUT2D eigenvalue weighted by molar-refractivity contribution is 0.273. The van der Waals surface area contributed by atoms with Crippen LogP contribution in [0.15, 0.2) is 4.99 Å². The summed E-state index contributed by atoms with van der Waals surface area (Å²) in [5, 5.41) is 3.28. The Labute approximate surface area is 93.0 Å². The number of likely N-dealkylation sites (tertiary alicyclic amines) is 1. The molecule has 0 bridgehead atoms. The Morgan fingerprint density at radius 2 is 2.20 bits per heavy atom. The predicted molar refractivity (Wildman–Crippen MR) is 64.8 cm³/mol. The number of hydrogen-bond acceptors (Lipinski definition) is 1. The molecule has 0 saturated carbocycles. The number of terminal acetylenes is 1. The van der Waals surface area contributed by atoms with Gasteiger partial charge in [-0.2, -0.15) is 0 Å². The number of piperidine rings is 1. The first-order chi connectivity index (χ1) is 7.27. The largest absolute Gasteiger partial charge is 0.356 e. The van der Waals surface area contributed by atoms with Crippen molar-refractivity contribution in [2.24, 2.45) is 10.9 Å². The lowest BCUT2D eigenvalue weighted by atomic mass is 10.00. The Morgan fingerprint density at radius 1 is 1.53 bits per heavy atom. The molecule has 1 rings (SSSR count). The van der Waals surface area contributed by atoms with Crippen LogP contribution in [0.2, 0.25) is 0 Å². The minimum atomic E-state index is 0.467. The summed E-state index contributed by atoms with van der Waals surface area (Å²) < 4.78 is 0. The molecule has 84 valence electrons. The van der Waals surface area contributed by atoms with E-state index in [1.807, 2.05) is 0 Å². The maximum absolute atomic E-state index is 5.22. The molecule has 0 aromatic heterocycles. The van der Waals surface area contributed by atoms with Gasteiger partial charge in [0.2, 0.25) is 0 Å². The van der Waals surface area contributed by atoms with Crippen molar-refractivity contribution >= 4 is 5.96 Å². The van der Waals surface area contributed by atoms with Crippen LogP contribution in [-0.2, 0) is 0 Å². The third kappa shape index (κ3) is 3.83. The maximum atomic E-state index is 5.22. The zero-order chi connectivity index (χ0) is 11.1. The molecule has 1 N–H and O–H groups in total. The second-order valence-corrected chi connectivity index (χ2v) is 4.04. The van der Waals surface area contributed by atoms with E-state index >= 15 is 0 Å². The summed E-state index contributed by atoms with van der Waals surface area (Å²) in [4.78, 5) is 6.68. The summed E-state index contributed by atoms with van der Waals surface area (Å²) in [6.45, 7) is 7.94. The van der Waals surface area contributed by atoms with Crippen molar-refractivity contribution in [2.75, 3.05) is 26.2 Å². The molecule has 3 heteroatoms. The molecule has 15 heavy (non-hydrogen) atoms. The fraction of sp³-hybridized carbons (Fsp3) is 0.750. The Bertz CT molecular complexity index is 244. The molecule has 0 unspecified atom stereocenters. The van der Waals surface area contributed by atoms with Gasteiger partial charge in [-0.05, 0) is 25.7 Å². The first-order valence-corrected chi connectivity index (χ1v) is 5.74. The standard InChI is InChI=1S/C12H21N3/c1-4-8-14-12(13-5-2)15-9-6-11(3)7-10-15/h1,11H,5-10H2,2-3H3,(H,13,14). The van der Waals surface area contributed by atoms with Crippen LogP contribution in [0.1, 0.15) is 26.7 Å². The Balaban J connectivity index is 2.52. The van der Waals surface area contributed by atoms with E-state index in [1.165, 1.54) is 12.8 Å². The van der Waals surface area contributed by atoms with E-state index < -0.39 is 0 Å². The molecule has 3 nitrogen and oxygen atoms in total. The highest BCUT2D eigenvalue weighted by Crippen LogP contribution is 2.15. The van der Waals surface area contributed by atoms with Gasteiger partial charge in [0.1, 0.15) is 6.54 Å². The van der Waals surface area contributed by atoms with E-state index in [0.717, 1.165) is 31.5 Å². The van der Waals surface area contributed by atoms with Gasteiger partial charge in [-0.25, -0.2) is 4.99 Å². The molecule has 1 heterocycles. The van der Waals surface area contributed by atoms with E-state index in [4.69, 9.17) is 6.42 Å². The lowest BCUT2D eigenvalue weighted by Gasteiger charge is -2.32. The van der Waals surface area contributed by atoms with E-state index in [9.17, 15) is 0 Å². The maximum Gasteiger partial charge on any atom is 0.194 e. The normalized spacial score (nSPS) is 18.7. The average molecular weight is 207 g/mol. The van der Waals surface area contributed by atoms with Gasteiger partial charge in [0.25, 0.3) is 0 Å². The third-order valence-corrected chi connectivity index (χ3v) is 2.74. The molecule has 1 saturated heterocycles. The Morgan fingerprint density at radius 3 is 2.73 bits per heavy atom. The lowest BCUT2D eigenvalue weighted by Crippen LogP contribution is -2.45. The zero-order valence-corrected chi connectivity index (χ0v) is 9.79. The second-order valence-electron chi connectivity index (χ2n) is 4.04. The Hall–Kier alpha value is -1.17. The molecule has 0 amide bonds. The number of hydrogen-bond donors (Lipinski definition) is 1. The van der Waals surface area contributed by atoms with Crippen LogP contribution in [-0.4, -0.2) is 37.0 Å². The van der Waals surface area contributed by atoms with E-state index in [1.54, 1.807) is 0 Å². The minimum absolute atomic E-state index is 0.467. The summed E-state index contributed by atoms with van der Waals surface area (Å²) in [5.41, 5.74) is 0. The fourth-order valence-electron chi connectivity index (χ4n) is 1.77. The highest BCUT2D eigenvalue weighted by atomic mass is 15.3. The van der Waals surface area contributed by atoms with E-state index in [0.29, 0.717) is 6.54 Å². The fourth-order valence-corrected chi connectivity index (χ4v) is 1.77. The van der Waals surface area contributed by atoms with E-state index in [2.05, 4.69) is 35.0 Å². The van der Waals surface area contributed by atoms with Crippen molar-refractivity contribution in [3.05, 3.63) is 0 Å². The molecule has 0 aromatic rings. The van der Waals surface area contributed by atoms with Gasteiger partial charge in [-0.15, -0.1) is 6.42 Å². The Kier molecular flexibility index (Phi) is 5.03. The first kappa shape index (κ1) is 11.9. The summed E-state index contributed by atoms with van der Waals surface area (Å²) in [7, 11) is 0. The molecule has 0 atom stereocenters.